The minimum Gasteiger partial charge on any atom is -0.381 e. The molecular weight excluding hydrogens is 354 g/mol. The molecule has 0 bridgehead atoms. The van der Waals surface area contributed by atoms with E-state index in [4.69, 9.17) is 4.74 Å². The van der Waals surface area contributed by atoms with E-state index in [0.29, 0.717) is 31.6 Å². The summed E-state index contributed by atoms with van der Waals surface area (Å²) < 4.78 is 5.37. The normalized spacial score (nSPS) is 15.9. The van der Waals surface area contributed by atoms with Gasteiger partial charge in [-0.25, -0.2) is 14.8 Å². The summed E-state index contributed by atoms with van der Waals surface area (Å²) >= 11 is 0. The molecule has 4 rings (SSSR count). The molecule has 2 aromatic rings. The van der Waals surface area contributed by atoms with Crippen LogP contribution >= 0.6 is 0 Å². The maximum atomic E-state index is 12.4. The highest BCUT2D eigenvalue weighted by Crippen LogP contribution is 2.22. The van der Waals surface area contributed by atoms with Crippen LogP contribution in [-0.2, 0) is 24.4 Å². The largest absolute Gasteiger partial charge is 0.381 e. The Kier molecular flexibility index (Phi) is 6.82. The summed E-state index contributed by atoms with van der Waals surface area (Å²) in [5.41, 5.74) is 3.02. The average molecular weight is 379 g/mol. The fourth-order valence-corrected chi connectivity index (χ4v) is 3.28. The highest BCUT2D eigenvalue weighted by Gasteiger charge is 2.25. The number of fused-ring (bicyclic) bond motifs is 1. The van der Waals surface area contributed by atoms with Gasteiger partial charge in [0.1, 0.15) is 0 Å². The quantitative estimate of drug-likeness (QED) is 0.798. The van der Waals surface area contributed by atoms with Crippen LogP contribution < -0.4 is 10.6 Å². The highest BCUT2D eigenvalue weighted by atomic mass is 16.5. The van der Waals surface area contributed by atoms with E-state index < -0.39 is 0 Å². The van der Waals surface area contributed by atoms with Crippen molar-refractivity contribution in [2.24, 2.45) is 0 Å². The van der Waals surface area contributed by atoms with Gasteiger partial charge in [-0.05, 0) is 18.4 Å². The molecular formula is C21H25N5O2. The van der Waals surface area contributed by atoms with E-state index in [1.807, 2.05) is 36.5 Å². The SMILES string of the molecule is C#C.O=C(NCc1ccccc1)N1Cc2cnc(NC3CCOCC3)nc2C1. The number of hydrogen-bond donors (Lipinski definition) is 2. The number of aromatic nitrogens is 2. The number of anilines is 1. The van der Waals surface area contributed by atoms with Crippen molar-refractivity contribution < 1.29 is 9.53 Å². The second kappa shape index (κ2) is 9.72. The number of rotatable bonds is 4. The third-order valence-corrected chi connectivity index (χ3v) is 4.78. The molecule has 28 heavy (non-hydrogen) atoms. The van der Waals surface area contributed by atoms with Gasteiger partial charge in [0.25, 0.3) is 0 Å². The van der Waals surface area contributed by atoms with Gasteiger partial charge in [-0.1, -0.05) is 30.3 Å². The number of urea groups is 1. The Morgan fingerprint density at radius 2 is 1.93 bits per heavy atom. The molecule has 0 radical (unpaired) electrons. The van der Waals surface area contributed by atoms with Gasteiger partial charge in [0.15, 0.2) is 0 Å². The number of nitrogens with zero attached hydrogens (tertiary/aromatic N) is 3. The first-order valence-corrected chi connectivity index (χ1v) is 9.37. The van der Waals surface area contributed by atoms with Crippen molar-refractivity contribution in [2.75, 3.05) is 18.5 Å². The molecule has 1 saturated heterocycles. The zero-order valence-electron chi connectivity index (χ0n) is 15.8. The van der Waals surface area contributed by atoms with Gasteiger partial charge in [-0.15, -0.1) is 12.8 Å². The summed E-state index contributed by atoms with van der Waals surface area (Å²) in [6, 6.07) is 10.2. The van der Waals surface area contributed by atoms with Crippen LogP contribution in [0.4, 0.5) is 10.7 Å². The van der Waals surface area contributed by atoms with Crippen LogP contribution in [0.5, 0.6) is 0 Å². The van der Waals surface area contributed by atoms with E-state index in [-0.39, 0.29) is 6.03 Å². The molecule has 0 unspecified atom stereocenters. The van der Waals surface area contributed by atoms with Crippen molar-refractivity contribution in [1.82, 2.24) is 20.2 Å². The molecule has 0 aliphatic carbocycles. The number of benzene rings is 1. The Hall–Kier alpha value is -3.11. The summed E-state index contributed by atoms with van der Waals surface area (Å²) in [5.74, 6) is 0.641. The molecule has 2 amide bonds. The number of carbonyl (C=O) groups is 1. The van der Waals surface area contributed by atoms with E-state index >= 15 is 0 Å². The van der Waals surface area contributed by atoms with Crippen molar-refractivity contribution in [3.63, 3.8) is 0 Å². The van der Waals surface area contributed by atoms with Gasteiger partial charge in [-0.2, -0.15) is 0 Å². The fraction of sp³-hybridized carbons (Fsp3) is 0.381. The predicted octanol–water partition coefficient (Wildman–Crippen LogP) is 2.54. The van der Waals surface area contributed by atoms with Crippen LogP contribution in [-0.4, -0.2) is 40.2 Å². The van der Waals surface area contributed by atoms with Crippen molar-refractivity contribution in [3.05, 3.63) is 53.3 Å². The van der Waals surface area contributed by atoms with Gasteiger partial charge in [0.2, 0.25) is 5.95 Å². The monoisotopic (exact) mass is 379 g/mol. The summed E-state index contributed by atoms with van der Waals surface area (Å²) in [6.07, 6.45) is 11.8. The molecule has 2 aliphatic heterocycles. The molecule has 0 spiro atoms. The van der Waals surface area contributed by atoms with Crippen molar-refractivity contribution in [3.8, 4) is 12.8 Å². The van der Waals surface area contributed by atoms with Crippen molar-refractivity contribution >= 4 is 12.0 Å². The summed E-state index contributed by atoms with van der Waals surface area (Å²) in [5, 5.41) is 6.35. The Morgan fingerprint density at radius 3 is 2.68 bits per heavy atom. The molecule has 1 aromatic heterocycles. The predicted molar refractivity (Wildman–Crippen MR) is 107 cm³/mol. The Balaban J connectivity index is 0.00000109. The van der Waals surface area contributed by atoms with Gasteiger partial charge >= 0.3 is 6.03 Å². The van der Waals surface area contributed by atoms with Gasteiger partial charge < -0.3 is 20.3 Å². The zero-order valence-corrected chi connectivity index (χ0v) is 15.8. The lowest BCUT2D eigenvalue weighted by atomic mass is 10.1. The van der Waals surface area contributed by atoms with Crippen LogP contribution in [0.1, 0.15) is 29.7 Å². The smallest absolute Gasteiger partial charge is 0.318 e. The molecule has 1 fully saturated rings. The summed E-state index contributed by atoms with van der Waals surface area (Å²) in [4.78, 5) is 23.2. The number of terminal acetylenes is 1. The third-order valence-electron chi connectivity index (χ3n) is 4.78. The maximum absolute atomic E-state index is 12.4. The van der Waals surface area contributed by atoms with Gasteiger partial charge in [-0.3, -0.25) is 0 Å². The van der Waals surface area contributed by atoms with E-state index in [1.54, 1.807) is 4.90 Å². The molecule has 2 N–H and O–H groups in total. The molecule has 0 saturated carbocycles. The maximum Gasteiger partial charge on any atom is 0.318 e. The van der Waals surface area contributed by atoms with E-state index in [1.165, 1.54) is 0 Å². The van der Waals surface area contributed by atoms with Gasteiger partial charge in [0, 0.05) is 37.6 Å². The number of hydrogen-bond acceptors (Lipinski definition) is 5. The molecule has 7 heteroatoms. The van der Waals surface area contributed by atoms with E-state index in [9.17, 15) is 4.79 Å². The topological polar surface area (TPSA) is 79.4 Å². The molecule has 7 nitrogen and oxygen atoms in total. The molecule has 1 aromatic carbocycles. The molecule has 3 heterocycles. The lowest BCUT2D eigenvalue weighted by molar-refractivity contribution is 0.0903. The number of amides is 2. The molecule has 2 aliphatic rings. The van der Waals surface area contributed by atoms with E-state index in [2.05, 4.69) is 33.4 Å². The second-order valence-corrected chi connectivity index (χ2v) is 6.70. The van der Waals surface area contributed by atoms with E-state index in [0.717, 1.165) is 42.9 Å². The first-order valence-electron chi connectivity index (χ1n) is 9.37. The Bertz CT molecular complexity index is 803. The molecule has 146 valence electrons. The van der Waals surface area contributed by atoms with Crippen LogP contribution in [0.3, 0.4) is 0 Å². The minimum absolute atomic E-state index is 0.0780. The zero-order chi connectivity index (χ0) is 19.8. The Labute approximate surface area is 165 Å². The third kappa shape index (κ3) is 4.99. The second-order valence-electron chi connectivity index (χ2n) is 6.70. The van der Waals surface area contributed by atoms with Crippen LogP contribution in [0.25, 0.3) is 0 Å². The van der Waals surface area contributed by atoms with Crippen LogP contribution in [0, 0.1) is 12.8 Å². The lowest BCUT2D eigenvalue weighted by Gasteiger charge is -2.23. The summed E-state index contributed by atoms with van der Waals surface area (Å²) in [6.45, 7) is 3.14. The first-order chi connectivity index (χ1) is 13.8. The van der Waals surface area contributed by atoms with Gasteiger partial charge in [0.05, 0.1) is 18.8 Å². The van der Waals surface area contributed by atoms with Crippen molar-refractivity contribution in [1.29, 1.82) is 0 Å². The minimum atomic E-state index is -0.0780. The average Bonchev–Trinajstić information content (AvgIpc) is 3.18. The number of carbonyl (C=O) groups excluding carboxylic acids is 1. The lowest BCUT2D eigenvalue weighted by Crippen LogP contribution is -2.36. The van der Waals surface area contributed by atoms with Crippen LogP contribution in [0.15, 0.2) is 36.5 Å². The summed E-state index contributed by atoms with van der Waals surface area (Å²) in [7, 11) is 0. The standard InChI is InChI=1S/C19H23N5O2.C2H2/c25-19(21-10-14-4-2-1-3-5-14)24-12-15-11-20-18(23-17(15)13-24)22-16-6-8-26-9-7-16;1-2/h1-5,11,16H,6-10,12-13H2,(H,21,25)(H,20,22,23);1-2H. The number of nitrogens with one attached hydrogen (secondary N) is 2. The molecule has 0 atom stereocenters. The first kappa shape index (κ1) is 19.6. The van der Waals surface area contributed by atoms with Crippen molar-refractivity contribution in [2.45, 2.75) is 38.5 Å². The Morgan fingerprint density at radius 1 is 1.18 bits per heavy atom. The fourth-order valence-electron chi connectivity index (χ4n) is 3.28. The van der Waals surface area contributed by atoms with Crippen LogP contribution in [0.2, 0.25) is 0 Å². The highest BCUT2D eigenvalue weighted by molar-refractivity contribution is 5.74. The number of ether oxygens (including phenoxy) is 1.